The molecule has 0 saturated carbocycles. The van der Waals surface area contributed by atoms with Crippen LogP contribution in [-0.4, -0.2) is 0 Å². The fourth-order valence-electron chi connectivity index (χ4n) is 11.0. The summed E-state index contributed by atoms with van der Waals surface area (Å²) in [4.78, 5) is 5.11. The third-order valence-electron chi connectivity index (χ3n) is 14.7. The van der Waals surface area contributed by atoms with Crippen molar-refractivity contribution in [1.29, 1.82) is 0 Å². The highest BCUT2D eigenvalue weighted by Gasteiger charge is 2.70. The first-order valence-electron chi connectivity index (χ1n) is 28.3. The molecule has 0 fully saturated rings. The Kier molecular flexibility index (Phi) is 7.13. The van der Waals surface area contributed by atoms with Crippen LogP contribution in [0.15, 0.2) is 134 Å². The molecule has 0 aliphatic carbocycles. The zero-order valence-corrected chi connectivity index (χ0v) is 41.0. The van der Waals surface area contributed by atoms with Crippen LogP contribution < -0.4 is 19.1 Å². The molecule has 0 amide bonds. The van der Waals surface area contributed by atoms with Crippen molar-refractivity contribution in [2.75, 3.05) is 9.80 Å². The number of aromatic nitrogens is 1. The molecule has 340 valence electrons. The maximum atomic E-state index is 8.38. The Morgan fingerprint density at radius 2 is 1.15 bits per heavy atom. The van der Waals surface area contributed by atoms with Gasteiger partial charge in [-0.2, -0.15) is 0 Å². The monoisotopic (exact) mass is 892 g/mol. The van der Waals surface area contributed by atoms with Crippen molar-refractivity contribution in [2.45, 2.75) is 143 Å². The van der Waals surface area contributed by atoms with Crippen LogP contribution in [0.5, 0.6) is 5.75 Å². The van der Waals surface area contributed by atoms with Crippen molar-refractivity contribution < 1.29 is 21.6 Å². The van der Waals surface area contributed by atoms with E-state index in [2.05, 4.69) is 201 Å². The van der Waals surface area contributed by atoms with Crippen LogP contribution >= 0.6 is 0 Å². The van der Waals surface area contributed by atoms with E-state index in [0.29, 0.717) is 5.56 Å². The summed E-state index contributed by atoms with van der Waals surface area (Å²) in [5.74, 6) is -0.414. The smallest absolute Gasteiger partial charge is 0.410 e. The van der Waals surface area contributed by atoms with Crippen molar-refractivity contribution in [2.24, 2.45) is 0 Å². The van der Waals surface area contributed by atoms with Crippen molar-refractivity contribution in [3.8, 4) is 50.4 Å². The first-order valence-corrected chi connectivity index (χ1v) is 23.8. The van der Waals surface area contributed by atoms with E-state index in [-0.39, 0.29) is 27.2 Å². The van der Waals surface area contributed by atoms with Gasteiger partial charge in [0.15, 0.2) is 6.20 Å². The van der Waals surface area contributed by atoms with Gasteiger partial charge in [0.1, 0.15) is 17.5 Å². The molecule has 1 spiro atoms. The Morgan fingerprint density at radius 3 is 1.81 bits per heavy atom. The minimum Gasteiger partial charge on any atom is -0.410 e. The number of fused-ring (bicyclic) bond motifs is 5. The van der Waals surface area contributed by atoms with Gasteiger partial charge in [-0.3, -0.25) is 0 Å². The van der Waals surface area contributed by atoms with E-state index in [4.69, 9.17) is 17.1 Å². The van der Waals surface area contributed by atoms with E-state index >= 15 is 0 Å². The molecule has 0 bridgehead atoms. The molecule has 4 nitrogen and oxygen atoms in total. The van der Waals surface area contributed by atoms with Crippen LogP contribution in [0.25, 0.3) is 44.6 Å². The number of para-hydroxylation sites is 1. The highest BCUT2D eigenvalue weighted by molar-refractivity contribution is 6.03. The van der Waals surface area contributed by atoms with Gasteiger partial charge in [-0.15, -0.1) is 4.57 Å². The summed E-state index contributed by atoms with van der Waals surface area (Å²) in [5.41, 5.74) is 13.5. The Balaban J connectivity index is 1.23. The second-order valence-corrected chi connectivity index (χ2v) is 23.5. The lowest BCUT2D eigenvalue weighted by Gasteiger charge is -2.49. The molecule has 4 aliphatic heterocycles. The fourth-order valence-corrected chi connectivity index (χ4v) is 11.0. The number of benzene rings is 6. The van der Waals surface area contributed by atoms with Gasteiger partial charge in [-0.25, -0.2) is 4.90 Å². The van der Waals surface area contributed by atoms with Gasteiger partial charge >= 0.3 is 5.85 Å². The van der Waals surface area contributed by atoms with Gasteiger partial charge in [-0.1, -0.05) is 183 Å². The Labute approximate surface area is 412 Å². The molecular weight excluding hydrogens is 815 g/mol. The van der Waals surface area contributed by atoms with Gasteiger partial charge in [0, 0.05) is 52.3 Å². The maximum Gasteiger partial charge on any atom is 0.432 e. The number of anilines is 3. The predicted octanol–water partition coefficient (Wildman–Crippen LogP) is 16.2. The normalized spacial score (nSPS) is 20.6. The van der Waals surface area contributed by atoms with Crippen molar-refractivity contribution in [1.82, 2.24) is 0 Å². The third-order valence-corrected chi connectivity index (χ3v) is 14.7. The van der Waals surface area contributed by atoms with E-state index in [9.17, 15) is 0 Å². The van der Waals surface area contributed by atoms with Crippen molar-refractivity contribution >= 4 is 17.1 Å². The molecule has 1 aromatic heterocycles. The molecule has 11 rings (SSSR count). The summed E-state index contributed by atoms with van der Waals surface area (Å²) >= 11 is 0. The second-order valence-electron chi connectivity index (χ2n) is 23.5. The lowest BCUT2D eigenvalue weighted by atomic mass is 9.77. The summed E-state index contributed by atoms with van der Waals surface area (Å²) in [7, 11) is 0. The van der Waals surface area contributed by atoms with Crippen LogP contribution in [0.1, 0.15) is 161 Å². The number of hydrogen-bond acceptors (Lipinski definition) is 3. The molecule has 6 aromatic carbocycles. The number of hydrogen-bond donors (Lipinski definition) is 0. The highest BCUT2D eigenvalue weighted by Crippen LogP contribution is 2.68. The zero-order chi connectivity index (χ0) is 55.0. The summed E-state index contributed by atoms with van der Waals surface area (Å²) in [5, 5.41) is 0. The predicted molar refractivity (Wildman–Crippen MR) is 280 cm³/mol. The SMILES string of the molecule is [2H]C([2H])([2H])C(c1ccc(-c2cc[n+]3c(c2)-c2cc(C(C)(C)C)cc4c2C32Oc3c(cc(C(C)(C)C)cc3C(C)(C)C)C3N(c5ccc(C(C)(C)C)cc5-c5ccccc5)c5cccc-4c5N32)cc1)(C([2H])([2H])[2H])C([2H])([2H])[2H]. The quantitative estimate of drug-likeness (QED) is 0.165. The molecule has 2 unspecified atom stereocenters. The van der Waals surface area contributed by atoms with Gasteiger partial charge in [0.2, 0.25) is 5.69 Å². The summed E-state index contributed by atoms with van der Waals surface area (Å²) in [6, 6.07) is 44.0. The van der Waals surface area contributed by atoms with Crippen LogP contribution in [0.4, 0.5) is 17.1 Å². The minimum atomic E-state index is -3.37. The summed E-state index contributed by atoms with van der Waals surface area (Å²) in [6.45, 7) is 17.0. The van der Waals surface area contributed by atoms with E-state index < -0.39 is 38.0 Å². The average Bonchev–Trinajstić information content (AvgIpc) is 4.05. The third kappa shape index (κ3) is 6.41. The molecule has 7 aromatic rings. The standard InChI is InChI=1S/C63H68N3O/c1-58(2,3)41-26-24-38(25-27-41)40-30-31-64-53(32-40)48-35-43(60(7,8)9)34-47-45-22-19-23-52-55(45)66-57(65(52)51-29-28-42(59(4,5)6)33-46(51)39-20-17-16-18-21-39)49-36-44(61(10,11)12)37-50(62(13,14)15)56(49)67-63(64,66)54(47)48/h16-37,57H,1-15H3/q+1/i1D3,2D3,3D3. The average molecular weight is 892 g/mol. The number of nitrogens with zero attached hydrogens (tertiary/aromatic N) is 3. The number of ether oxygens (including phenoxy) is 1. The highest BCUT2D eigenvalue weighted by atomic mass is 16.5. The molecule has 2 atom stereocenters. The maximum absolute atomic E-state index is 8.38. The fraction of sp³-hybridized carbons (Fsp3) is 0.349. The van der Waals surface area contributed by atoms with Crippen LogP contribution in [0, 0.1) is 0 Å². The van der Waals surface area contributed by atoms with E-state index in [1.54, 1.807) is 12.1 Å². The van der Waals surface area contributed by atoms with Crippen LogP contribution in [0.3, 0.4) is 0 Å². The lowest BCUT2D eigenvalue weighted by molar-refractivity contribution is -0.774. The summed E-state index contributed by atoms with van der Waals surface area (Å²) < 4.78 is 85.9. The Bertz CT molecular complexity index is 3490. The van der Waals surface area contributed by atoms with Crippen LogP contribution in [0.2, 0.25) is 0 Å². The Hall–Kier alpha value is -6.13. The van der Waals surface area contributed by atoms with Gasteiger partial charge in [0.05, 0.1) is 22.6 Å². The molecule has 67 heavy (non-hydrogen) atoms. The molecule has 5 heterocycles. The Morgan fingerprint density at radius 1 is 0.507 bits per heavy atom. The van der Waals surface area contributed by atoms with E-state index in [1.165, 1.54) is 23.3 Å². The first-order chi connectivity index (χ1) is 35.1. The molecular formula is C63H68N3O+. The summed E-state index contributed by atoms with van der Waals surface area (Å²) in [6.07, 6.45) is 1.68. The molecule has 0 saturated heterocycles. The van der Waals surface area contributed by atoms with Crippen molar-refractivity contribution in [3.63, 3.8) is 0 Å². The second kappa shape index (κ2) is 14.0. The van der Waals surface area contributed by atoms with Gasteiger partial charge < -0.3 is 9.64 Å². The van der Waals surface area contributed by atoms with E-state index in [0.717, 1.165) is 84.1 Å². The first kappa shape index (κ1) is 34.2. The van der Waals surface area contributed by atoms with Gasteiger partial charge in [0.25, 0.3) is 0 Å². The number of pyridine rings is 1. The van der Waals surface area contributed by atoms with E-state index in [1.807, 2.05) is 6.07 Å². The zero-order valence-electron chi connectivity index (χ0n) is 50.0. The largest absolute Gasteiger partial charge is 0.432 e. The lowest BCUT2D eigenvalue weighted by Crippen LogP contribution is -2.71. The number of rotatable bonds is 3. The molecule has 0 radical (unpaired) electrons. The molecule has 4 aliphatic rings. The molecule has 4 heteroatoms. The van der Waals surface area contributed by atoms with Gasteiger partial charge in [-0.05, 0) is 102 Å². The molecule has 0 N–H and O–H groups in total. The minimum absolute atomic E-state index is 0.114. The topological polar surface area (TPSA) is 19.6 Å². The van der Waals surface area contributed by atoms with Crippen molar-refractivity contribution in [3.05, 3.63) is 173 Å². The van der Waals surface area contributed by atoms with Crippen LogP contribution in [-0.2, 0) is 32.9 Å².